The molecule has 246 valence electrons. The van der Waals surface area contributed by atoms with Gasteiger partial charge in [-0.2, -0.15) is 13.2 Å². The van der Waals surface area contributed by atoms with Crippen molar-refractivity contribution >= 4 is 35.0 Å². The molecule has 0 atom stereocenters. The number of halogens is 4. The van der Waals surface area contributed by atoms with Crippen molar-refractivity contribution in [1.29, 1.82) is 0 Å². The summed E-state index contributed by atoms with van der Waals surface area (Å²) in [7, 11) is 0. The lowest BCUT2D eigenvalue weighted by molar-refractivity contribution is -0.137. The number of carbonyl (C=O) groups is 3. The maximum absolute atomic E-state index is 13.7. The molecule has 2 aromatic rings. The molecule has 2 aliphatic rings. The number of benzene rings is 2. The van der Waals surface area contributed by atoms with Crippen molar-refractivity contribution < 1.29 is 27.6 Å². The number of piperidine rings is 2. The minimum atomic E-state index is -4.40. The molecule has 2 heterocycles. The number of likely N-dealkylation sites (tertiary alicyclic amines) is 2. The van der Waals surface area contributed by atoms with E-state index in [9.17, 15) is 27.6 Å². The van der Waals surface area contributed by atoms with Crippen molar-refractivity contribution in [2.45, 2.75) is 71.5 Å². The number of carbonyl (C=O) groups excluding carboxylic acids is 3. The van der Waals surface area contributed by atoms with Crippen molar-refractivity contribution in [1.82, 2.24) is 14.7 Å². The van der Waals surface area contributed by atoms with Gasteiger partial charge in [0.1, 0.15) is 0 Å². The molecule has 0 bridgehead atoms. The zero-order valence-corrected chi connectivity index (χ0v) is 27.2. The highest BCUT2D eigenvalue weighted by molar-refractivity contribution is 6.31. The molecule has 0 radical (unpaired) electrons. The zero-order valence-electron chi connectivity index (χ0n) is 26.4. The van der Waals surface area contributed by atoms with E-state index in [2.05, 4.69) is 4.90 Å². The quantitative estimate of drug-likeness (QED) is 0.308. The zero-order chi connectivity index (χ0) is 32.7. The van der Waals surface area contributed by atoms with Crippen LogP contribution in [-0.2, 0) is 27.0 Å². The third-order valence-electron chi connectivity index (χ3n) is 9.17. The van der Waals surface area contributed by atoms with Crippen LogP contribution in [0.5, 0.6) is 0 Å². The largest absolute Gasteiger partial charge is 0.416 e. The summed E-state index contributed by atoms with van der Waals surface area (Å²) in [6.45, 7) is 10.2. The molecule has 2 saturated heterocycles. The molecule has 7 nitrogen and oxygen atoms in total. The van der Waals surface area contributed by atoms with Crippen molar-refractivity contribution in [2.75, 3.05) is 50.7 Å². The molecule has 2 fully saturated rings. The van der Waals surface area contributed by atoms with Crippen molar-refractivity contribution in [3.05, 3.63) is 64.2 Å². The summed E-state index contributed by atoms with van der Waals surface area (Å²) in [6, 6.07) is 10.6. The molecule has 4 rings (SSSR count). The number of amides is 3. The third kappa shape index (κ3) is 9.22. The van der Waals surface area contributed by atoms with Gasteiger partial charge in [0.25, 0.3) is 0 Å². The van der Waals surface area contributed by atoms with Gasteiger partial charge in [0.05, 0.1) is 12.0 Å². The first-order valence-corrected chi connectivity index (χ1v) is 16.3. The van der Waals surface area contributed by atoms with Crippen LogP contribution in [0.1, 0.15) is 62.6 Å². The summed E-state index contributed by atoms with van der Waals surface area (Å²) in [5, 5.41) is 0.618. The van der Waals surface area contributed by atoms with Gasteiger partial charge in [0.2, 0.25) is 17.7 Å². The maximum Gasteiger partial charge on any atom is 0.416 e. The van der Waals surface area contributed by atoms with E-state index >= 15 is 0 Å². The Labute approximate surface area is 269 Å². The Balaban J connectivity index is 1.30. The molecule has 3 amide bonds. The number of likely N-dealkylation sites (N-methyl/N-ethyl adjacent to an activating group) is 1. The fourth-order valence-electron chi connectivity index (χ4n) is 6.41. The van der Waals surface area contributed by atoms with Gasteiger partial charge in [-0.15, -0.1) is 0 Å². The van der Waals surface area contributed by atoms with Crippen LogP contribution in [0.15, 0.2) is 42.5 Å². The van der Waals surface area contributed by atoms with E-state index in [0.29, 0.717) is 49.6 Å². The Bertz CT molecular complexity index is 1320. The van der Waals surface area contributed by atoms with Crippen LogP contribution in [-0.4, -0.2) is 84.3 Å². The van der Waals surface area contributed by atoms with Crippen LogP contribution in [0, 0.1) is 12.8 Å². The predicted octanol–water partition coefficient (Wildman–Crippen LogP) is 6.20. The Morgan fingerprint density at radius 2 is 1.60 bits per heavy atom. The van der Waals surface area contributed by atoms with Crippen LogP contribution in [0.3, 0.4) is 0 Å². The normalized spacial score (nSPS) is 16.9. The monoisotopic (exact) mass is 648 g/mol. The average molecular weight is 649 g/mol. The first kappa shape index (κ1) is 34.8. The van der Waals surface area contributed by atoms with Gasteiger partial charge < -0.3 is 19.6 Å². The van der Waals surface area contributed by atoms with Crippen LogP contribution < -0.4 is 4.90 Å². The minimum Gasteiger partial charge on any atom is -0.343 e. The van der Waals surface area contributed by atoms with Gasteiger partial charge in [-0.25, -0.2) is 0 Å². The second kappa shape index (κ2) is 15.5. The highest BCUT2D eigenvalue weighted by Gasteiger charge is 2.32. The molecule has 2 aromatic carbocycles. The van der Waals surface area contributed by atoms with E-state index in [1.807, 2.05) is 41.8 Å². The van der Waals surface area contributed by atoms with Crippen LogP contribution in [0.4, 0.5) is 18.9 Å². The molecule has 0 unspecified atom stereocenters. The number of hydrogen-bond acceptors (Lipinski definition) is 4. The number of aryl methyl sites for hydroxylation is 1. The lowest BCUT2D eigenvalue weighted by Crippen LogP contribution is -2.48. The molecule has 0 aromatic heterocycles. The van der Waals surface area contributed by atoms with Gasteiger partial charge in [-0.05, 0) is 87.9 Å². The smallest absolute Gasteiger partial charge is 0.343 e. The standard InChI is InChI=1S/C34H44ClF3N4O3/c1-4-41(32(44)22-26-7-9-28(10-8-26)34(36,37)38)29-14-18-39(19-15-29)16-5-17-42(30-11-6-24(2)31(35)23-30)33(45)27-12-20-40(21-13-27)25(3)43/h6-11,23,27,29H,4-5,12-22H2,1-3H3. The number of rotatable bonds is 10. The van der Waals surface area contributed by atoms with Crippen LogP contribution >= 0.6 is 11.6 Å². The van der Waals surface area contributed by atoms with E-state index < -0.39 is 11.7 Å². The van der Waals surface area contributed by atoms with Crippen molar-refractivity contribution in [3.8, 4) is 0 Å². The second-order valence-electron chi connectivity index (χ2n) is 12.2. The maximum atomic E-state index is 13.7. The summed E-state index contributed by atoms with van der Waals surface area (Å²) >= 11 is 6.44. The topological polar surface area (TPSA) is 64.2 Å². The molecule has 0 saturated carbocycles. The SMILES string of the molecule is CCN(C(=O)Cc1ccc(C(F)(F)F)cc1)C1CCN(CCCN(C(=O)C2CCN(C(C)=O)CC2)c2ccc(C)c(Cl)c2)CC1. The van der Waals surface area contributed by atoms with E-state index in [4.69, 9.17) is 11.6 Å². The fourth-order valence-corrected chi connectivity index (χ4v) is 6.59. The summed E-state index contributed by atoms with van der Waals surface area (Å²) in [5.74, 6) is -0.105. The molecular formula is C34H44ClF3N4O3. The van der Waals surface area contributed by atoms with E-state index in [1.54, 1.807) is 11.8 Å². The second-order valence-corrected chi connectivity index (χ2v) is 12.6. The van der Waals surface area contributed by atoms with Gasteiger partial charge >= 0.3 is 6.18 Å². The van der Waals surface area contributed by atoms with Gasteiger partial charge in [-0.3, -0.25) is 14.4 Å². The first-order chi connectivity index (χ1) is 21.4. The Morgan fingerprint density at radius 3 is 2.16 bits per heavy atom. The number of anilines is 1. The van der Waals surface area contributed by atoms with E-state index in [-0.39, 0.29) is 36.1 Å². The molecular weight excluding hydrogens is 605 g/mol. The van der Waals surface area contributed by atoms with Crippen molar-refractivity contribution in [2.24, 2.45) is 5.92 Å². The fraction of sp³-hybridized carbons (Fsp3) is 0.559. The van der Waals surface area contributed by atoms with E-state index in [0.717, 1.165) is 62.3 Å². The molecule has 2 aliphatic heterocycles. The van der Waals surface area contributed by atoms with Gasteiger partial charge in [0.15, 0.2) is 0 Å². The molecule has 11 heteroatoms. The molecule has 0 spiro atoms. The molecule has 0 N–H and O–H groups in total. The lowest BCUT2D eigenvalue weighted by Gasteiger charge is -2.38. The highest BCUT2D eigenvalue weighted by Crippen LogP contribution is 2.30. The summed E-state index contributed by atoms with van der Waals surface area (Å²) in [6.07, 6.45) is -0.620. The van der Waals surface area contributed by atoms with E-state index in [1.165, 1.54) is 12.1 Å². The Hall–Kier alpha value is -3.11. The summed E-state index contributed by atoms with van der Waals surface area (Å²) in [5.41, 5.74) is 1.59. The summed E-state index contributed by atoms with van der Waals surface area (Å²) < 4.78 is 38.7. The number of hydrogen-bond donors (Lipinski definition) is 0. The van der Waals surface area contributed by atoms with Crippen molar-refractivity contribution in [3.63, 3.8) is 0 Å². The number of alkyl halides is 3. The highest BCUT2D eigenvalue weighted by atomic mass is 35.5. The van der Waals surface area contributed by atoms with Gasteiger partial charge in [0, 0.05) is 68.9 Å². The predicted molar refractivity (Wildman–Crippen MR) is 170 cm³/mol. The Morgan fingerprint density at radius 1 is 0.956 bits per heavy atom. The van der Waals surface area contributed by atoms with Gasteiger partial charge in [-0.1, -0.05) is 29.8 Å². The minimum absolute atomic E-state index is 0.0393. The first-order valence-electron chi connectivity index (χ1n) is 15.9. The Kier molecular flexibility index (Phi) is 11.9. The summed E-state index contributed by atoms with van der Waals surface area (Å²) in [4.78, 5) is 46.5. The molecule has 0 aliphatic carbocycles. The number of nitrogens with zero attached hydrogens (tertiary/aromatic N) is 4. The lowest BCUT2D eigenvalue weighted by atomic mass is 9.94. The molecule has 45 heavy (non-hydrogen) atoms. The third-order valence-corrected chi connectivity index (χ3v) is 9.58. The average Bonchev–Trinajstić information content (AvgIpc) is 3.01. The van der Waals surface area contributed by atoms with Crippen LogP contribution in [0.2, 0.25) is 5.02 Å². The van der Waals surface area contributed by atoms with Crippen LogP contribution in [0.25, 0.3) is 0 Å².